The number of oxime groups is 1. The maximum atomic E-state index is 12.5. The number of rotatable bonds is 6. The van der Waals surface area contributed by atoms with Gasteiger partial charge in [0.15, 0.2) is 0 Å². The number of amidine groups is 1. The molecule has 19 heavy (non-hydrogen) atoms. The molecule has 0 saturated carbocycles. The van der Waals surface area contributed by atoms with Crippen LogP contribution in [0.25, 0.3) is 0 Å². The van der Waals surface area contributed by atoms with E-state index in [0.717, 1.165) is 19.3 Å². The van der Waals surface area contributed by atoms with Crippen LogP contribution < -0.4 is 5.73 Å². The van der Waals surface area contributed by atoms with E-state index in [4.69, 9.17) is 10.9 Å². The van der Waals surface area contributed by atoms with Gasteiger partial charge in [-0.2, -0.15) is 17.0 Å². The van der Waals surface area contributed by atoms with Crippen molar-refractivity contribution in [3.63, 3.8) is 0 Å². The lowest BCUT2D eigenvalue weighted by Crippen LogP contribution is -2.48. The van der Waals surface area contributed by atoms with Gasteiger partial charge in [-0.3, -0.25) is 0 Å². The van der Waals surface area contributed by atoms with Gasteiger partial charge in [0.2, 0.25) is 0 Å². The first-order valence-electron chi connectivity index (χ1n) is 6.66. The van der Waals surface area contributed by atoms with Crippen molar-refractivity contribution in [3.8, 4) is 0 Å². The third-order valence-corrected chi connectivity index (χ3v) is 5.50. The second-order valence-corrected chi connectivity index (χ2v) is 6.77. The molecule has 1 fully saturated rings. The molecule has 1 unspecified atom stereocenters. The first-order chi connectivity index (χ1) is 8.93. The van der Waals surface area contributed by atoms with Gasteiger partial charge in [0, 0.05) is 32.1 Å². The smallest absolute Gasteiger partial charge is 0.281 e. The van der Waals surface area contributed by atoms with Crippen LogP contribution in [0.15, 0.2) is 5.16 Å². The normalized spacial score (nSPS) is 20.7. The molecule has 3 N–H and O–H groups in total. The minimum Gasteiger partial charge on any atom is -0.409 e. The zero-order valence-electron chi connectivity index (χ0n) is 11.6. The molecule has 1 heterocycles. The van der Waals surface area contributed by atoms with Gasteiger partial charge in [0.05, 0.1) is 0 Å². The molecule has 1 atom stereocenters. The summed E-state index contributed by atoms with van der Waals surface area (Å²) in [6, 6.07) is 0. The summed E-state index contributed by atoms with van der Waals surface area (Å²) in [5.74, 6) is -0.267. The van der Waals surface area contributed by atoms with Gasteiger partial charge in [0.1, 0.15) is 5.84 Å². The average molecular weight is 292 g/mol. The predicted molar refractivity (Wildman–Crippen MR) is 74.2 cm³/mol. The highest BCUT2D eigenvalue weighted by Gasteiger charge is 2.31. The molecule has 0 aliphatic carbocycles. The highest BCUT2D eigenvalue weighted by molar-refractivity contribution is 7.86. The van der Waals surface area contributed by atoms with E-state index in [1.807, 2.05) is 0 Å². The average Bonchev–Trinajstić information content (AvgIpc) is 2.44. The van der Waals surface area contributed by atoms with Crippen molar-refractivity contribution < 1.29 is 13.6 Å². The lowest BCUT2D eigenvalue weighted by Gasteiger charge is -2.32. The fourth-order valence-corrected chi connectivity index (χ4v) is 3.93. The third-order valence-electron chi connectivity index (χ3n) is 3.42. The Labute approximate surface area is 115 Å². The Balaban J connectivity index is 2.77. The largest absolute Gasteiger partial charge is 0.409 e. The quantitative estimate of drug-likeness (QED) is 0.321. The van der Waals surface area contributed by atoms with Crippen LogP contribution in [0.3, 0.4) is 0 Å². The molecule has 7 nitrogen and oxygen atoms in total. The highest BCUT2D eigenvalue weighted by Crippen LogP contribution is 2.17. The Morgan fingerprint density at radius 2 is 2.00 bits per heavy atom. The number of hydrogen-bond acceptors (Lipinski definition) is 4. The fourth-order valence-electron chi connectivity index (χ4n) is 2.14. The van der Waals surface area contributed by atoms with Crippen LogP contribution in [0.4, 0.5) is 0 Å². The number of hydrogen-bond donors (Lipinski definition) is 2. The zero-order valence-corrected chi connectivity index (χ0v) is 12.4. The van der Waals surface area contributed by atoms with Crippen molar-refractivity contribution in [2.75, 3.05) is 26.2 Å². The molecule has 8 heteroatoms. The summed E-state index contributed by atoms with van der Waals surface area (Å²) in [5.41, 5.74) is 5.51. The molecule has 1 aliphatic rings. The lowest BCUT2D eigenvalue weighted by molar-refractivity contribution is 0.294. The van der Waals surface area contributed by atoms with E-state index < -0.39 is 10.2 Å². The van der Waals surface area contributed by atoms with Crippen molar-refractivity contribution in [2.24, 2.45) is 16.8 Å². The van der Waals surface area contributed by atoms with E-state index in [9.17, 15) is 8.42 Å². The maximum absolute atomic E-state index is 12.5. The van der Waals surface area contributed by atoms with Crippen LogP contribution in [0.2, 0.25) is 0 Å². The Bertz CT molecular complexity index is 404. The van der Waals surface area contributed by atoms with Gasteiger partial charge in [0.25, 0.3) is 10.2 Å². The topological polar surface area (TPSA) is 99.2 Å². The summed E-state index contributed by atoms with van der Waals surface area (Å²) in [6.07, 6.45) is 2.90. The van der Waals surface area contributed by atoms with Gasteiger partial charge in [-0.25, -0.2) is 0 Å². The minimum atomic E-state index is -3.44. The molecular formula is C11H24N4O3S. The van der Waals surface area contributed by atoms with Crippen LogP contribution in [0.5, 0.6) is 0 Å². The standard InChI is InChI=1S/C11H24N4O3S/c1-3-14(9-10(2)11(12)13-16)19(17,18)15-7-5-4-6-8-15/h10,16H,3-9H2,1-2H3,(H2,12,13). The van der Waals surface area contributed by atoms with Crippen molar-refractivity contribution in [3.05, 3.63) is 0 Å². The van der Waals surface area contributed by atoms with E-state index in [1.165, 1.54) is 8.61 Å². The third kappa shape index (κ3) is 4.05. The zero-order chi connectivity index (χ0) is 14.5. The number of nitrogens with zero attached hydrogens (tertiary/aromatic N) is 3. The fraction of sp³-hybridized carbons (Fsp3) is 0.909. The number of nitrogens with two attached hydrogens (primary N) is 1. The summed E-state index contributed by atoms with van der Waals surface area (Å²) in [6.45, 7) is 5.30. The molecule has 0 aromatic carbocycles. The summed E-state index contributed by atoms with van der Waals surface area (Å²) >= 11 is 0. The van der Waals surface area contributed by atoms with Crippen LogP contribution in [-0.4, -0.2) is 54.3 Å². The molecular weight excluding hydrogens is 268 g/mol. The van der Waals surface area contributed by atoms with Crippen molar-refractivity contribution in [1.29, 1.82) is 0 Å². The van der Waals surface area contributed by atoms with Crippen molar-refractivity contribution in [2.45, 2.75) is 33.1 Å². The molecule has 0 spiro atoms. The molecule has 112 valence electrons. The predicted octanol–water partition coefficient (Wildman–Crippen LogP) is 0.422. The van der Waals surface area contributed by atoms with E-state index in [1.54, 1.807) is 13.8 Å². The van der Waals surface area contributed by atoms with Gasteiger partial charge in [-0.05, 0) is 12.8 Å². The van der Waals surface area contributed by atoms with E-state index >= 15 is 0 Å². The summed E-state index contributed by atoms with van der Waals surface area (Å²) in [5, 5.41) is 11.6. The number of piperidine rings is 1. The minimum absolute atomic E-state index is 0.0484. The molecule has 1 aliphatic heterocycles. The van der Waals surface area contributed by atoms with Crippen LogP contribution >= 0.6 is 0 Å². The van der Waals surface area contributed by atoms with Crippen molar-refractivity contribution in [1.82, 2.24) is 8.61 Å². The molecule has 0 radical (unpaired) electrons. The first-order valence-corrected chi connectivity index (χ1v) is 8.05. The summed E-state index contributed by atoms with van der Waals surface area (Å²) < 4.78 is 27.9. The monoisotopic (exact) mass is 292 g/mol. The molecule has 1 rings (SSSR count). The lowest BCUT2D eigenvalue weighted by atomic mass is 10.1. The van der Waals surface area contributed by atoms with Gasteiger partial charge in [-0.1, -0.05) is 25.4 Å². The molecule has 0 aromatic rings. The van der Waals surface area contributed by atoms with E-state index in [-0.39, 0.29) is 18.3 Å². The van der Waals surface area contributed by atoms with E-state index in [2.05, 4.69) is 5.16 Å². The molecule has 0 aromatic heterocycles. The Morgan fingerprint density at radius 3 is 2.47 bits per heavy atom. The molecule has 0 bridgehead atoms. The summed E-state index contributed by atoms with van der Waals surface area (Å²) in [4.78, 5) is 0. The van der Waals surface area contributed by atoms with E-state index in [0.29, 0.717) is 19.6 Å². The highest BCUT2D eigenvalue weighted by atomic mass is 32.2. The van der Waals surface area contributed by atoms with Crippen LogP contribution in [0, 0.1) is 5.92 Å². The Morgan fingerprint density at radius 1 is 1.42 bits per heavy atom. The molecule has 1 saturated heterocycles. The molecule has 0 amide bonds. The summed E-state index contributed by atoms with van der Waals surface area (Å²) in [7, 11) is -3.44. The van der Waals surface area contributed by atoms with Gasteiger partial charge in [-0.15, -0.1) is 0 Å². The maximum Gasteiger partial charge on any atom is 0.281 e. The Kier molecular flexibility index (Phi) is 6.02. The SMILES string of the molecule is CCN(CC(C)/C(N)=N/O)S(=O)(=O)N1CCCCC1. The second kappa shape index (κ2) is 7.06. The second-order valence-electron chi connectivity index (χ2n) is 4.84. The van der Waals surface area contributed by atoms with Crippen LogP contribution in [-0.2, 0) is 10.2 Å². The first kappa shape index (κ1) is 16.2. The van der Waals surface area contributed by atoms with Gasteiger partial charge < -0.3 is 10.9 Å². The van der Waals surface area contributed by atoms with Gasteiger partial charge >= 0.3 is 0 Å². The van der Waals surface area contributed by atoms with Crippen molar-refractivity contribution >= 4 is 16.0 Å². The Hall–Kier alpha value is -0.860. The van der Waals surface area contributed by atoms with Crippen LogP contribution in [0.1, 0.15) is 33.1 Å².